The Hall–Kier alpha value is -1.34. The van der Waals surface area contributed by atoms with E-state index in [0.29, 0.717) is 23.2 Å². The van der Waals surface area contributed by atoms with Crippen molar-refractivity contribution in [3.8, 4) is 0 Å². The zero-order valence-corrected chi connectivity index (χ0v) is 13.4. The van der Waals surface area contributed by atoms with Crippen LogP contribution in [-0.2, 0) is 4.74 Å². The number of hydrogen-bond donors (Lipinski definition) is 3. The van der Waals surface area contributed by atoms with Crippen LogP contribution in [0.2, 0.25) is 0 Å². The molecule has 0 radical (unpaired) electrons. The molecule has 0 aliphatic heterocycles. The van der Waals surface area contributed by atoms with E-state index >= 15 is 0 Å². The molecule has 4 N–H and O–H groups in total. The summed E-state index contributed by atoms with van der Waals surface area (Å²) >= 11 is 1.28. The Morgan fingerprint density at radius 2 is 2.20 bits per heavy atom. The van der Waals surface area contributed by atoms with Crippen LogP contribution < -0.4 is 16.4 Å². The Morgan fingerprint density at radius 1 is 1.50 bits per heavy atom. The van der Waals surface area contributed by atoms with Crippen LogP contribution in [0.25, 0.3) is 0 Å². The lowest BCUT2D eigenvalue weighted by Crippen LogP contribution is -2.34. The van der Waals surface area contributed by atoms with E-state index in [1.54, 1.807) is 7.11 Å². The normalized spacial score (nSPS) is 11.4. The SMILES string of the molecule is CCNc1nc(N)c(C(=O)NCC(C)(C)CCOC)s1. The van der Waals surface area contributed by atoms with Crippen molar-refractivity contribution in [3.05, 3.63) is 4.88 Å². The molecule has 6 nitrogen and oxygen atoms in total. The monoisotopic (exact) mass is 300 g/mol. The van der Waals surface area contributed by atoms with Crippen LogP contribution in [0.3, 0.4) is 0 Å². The fraction of sp³-hybridized carbons (Fsp3) is 0.692. The zero-order chi connectivity index (χ0) is 15.2. The zero-order valence-electron chi connectivity index (χ0n) is 12.6. The Morgan fingerprint density at radius 3 is 2.80 bits per heavy atom. The highest BCUT2D eigenvalue weighted by Gasteiger charge is 2.21. The summed E-state index contributed by atoms with van der Waals surface area (Å²) in [5.74, 6) is 0.104. The summed E-state index contributed by atoms with van der Waals surface area (Å²) in [5.41, 5.74) is 5.75. The third-order valence-corrected chi connectivity index (χ3v) is 3.93. The average Bonchev–Trinajstić information content (AvgIpc) is 2.75. The van der Waals surface area contributed by atoms with Gasteiger partial charge in [-0.3, -0.25) is 4.79 Å². The highest BCUT2D eigenvalue weighted by Crippen LogP contribution is 2.25. The average molecular weight is 300 g/mol. The molecular weight excluding hydrogens is 276 g/mol. The quantitative estimate of drug-likeness (QED) is 0.683. The Kier molecular flexibility index (Phi) is 6.22. The number of thiazole rings is 1. The van der Waals surface area contributed by atoms with Crippen molar-refractivity contribution in [2.24, 2.45) is 5.41 Å². The van der Waals surface area contributed by atoms with Gasteiger partial charge in [-0.25, -0.2) is 4.98 Å². The molecule has 0 fully saturated rings. The minimum atomic E-state index is -0.172. The lowest BCUT2D eigenvalue weighted by atomic mass is 9.90. The lowest BCUT2D eigenvalue weighted by Gasteiger charge is -2.24. The van der Waals surface area contributed by atoms with Crippen molar-refractivity contribution >= 4 is 28.2 Å². The number of nitrogens with zero attached hydrogens (tertiary/aromatic N) is 1. The molecule has 20 heavy (non-hydrogen) atoms. The van der Waals surface area contributed by atoms with Gasteiger partial charge in [-0.1, -0.05) is 25.2 Å². The number of carbonyl (C=O) groups is 1. The van der Waals surface area contributed by atoms with Gasteiger partial charge in [-0.2, -0.15) is 0 Å². The first-order valence-corrected chi connectivity index (χ1v) is 7.48. The van der Waals surface area contributed by atoms with E-state index in [1.807, 2.05) is 6.92 Å². The Labute approximate surface area is 124 Å². The van der Waals surface area contributed by atoms with E-state index < -0.39 is 0 Å². The van der Waals surface area contributed by atoms with Crippen molar-refractivity contribution in [1.82, 2.24) is 10.3 Å². The van der Waals surface area contributed by atoms with Gasteiger partial charge in [0.25, 0.3) is 5.91 Å². The standard InChI is InChI=1S/C13H24N4O2S/c1-5-15-12-17-10(14)9(20-12)11(18)16-8-13(2,3)6-7-19-4/h5-8,14H2,1-4H3,(H,15,17)(H,16,18). The van der Waals surface area contributed by atoms with Crippen molar-refractivity contribution < 1.29 is 9.53 Å². The van der Waals surface area contributed by atoms with E-state index in [-0.39, 0.29) is 17.1 Å². The number of nitrogen functional groups attached to an aromatic ring is 1. The van der Waals surface area contributed by atoms with Crippen molar-refractivity contribution in [2.45, 2.75) is 27.2 Å². The fourth-order valence-electron chi connectivity index (χ4n) is 1.59. The molecule has 0 spiro atoms. The van der Waals surface area contributed by atoms with Gasteiger partial charge in [0.05, 0.1) is 0 Å². The van der Waals surface area contributed by atoms with E-state index in [0.717, 1.165) is 13.0 Å². The molecule has 1 rings (SSSR count). The van der Waals surface area contributed by atoms with Crippen LogP contribution in [0.1, 0.15) is 36.9 Å². The number of nitrogens with one attached hydrogen (secondary N) is 2. The minimum absolute atomic E-state index is 0.0182. The summed E-state index contributed by atoms with van der Waals surface area (Å²) in [5, 5.41) is 6.64. The highest BCUT2D eigenvalue weighted by molar-refractivity contribution is 7.18. The molecule has 1 heterocycles. The van der Waals surface area contributed by atoms with Gasteiger partial charge in [-0.15, -0.1) is 0 Å². The van der Waals surface area contributed by atoms with Crippen LogP contribution in [0.4, 0.5) is 10.9 Å². The van der Waals surface area contributed by atoms with Crippen molar-refractivity contribution in [2.75, 3.05) is 37.9 Å². The topological polar surface area (TPSA) is 89.3 Å². The molecule has 0 atom stereocenters. The maximum Gasteiger partial charge on any atom is 0.265 e. The highest BCUT2D eigenvalue weighted by atomic mass is 32.1. The van der Waals surface area contributed by atoms with Crippen LogP contribution >= 0.6 is 11.3 Å². The molecule has 114 valence electrons. The molecule has 0 saturated carbocycles. The fourth-order valence-corrected chi connectivity index (χ4v) is 2.46. The van der Waals surface area contributed by atoms with Gasteiger partial charge in [0.2, 0.25) is 0 Å². The maximum atomic E-state index is 12.1. The summed E-state index contributed by atoms with van der Waals surface area (Å²) in [7, 11) is 1.68. The molecule has 1 aromatic rings. The maximum absolute atomic E-state index is 12.1. The van der Waals surface area contributed by atoms with E-state index in [1.165, 1.54) is 11.3 Å². The Bertz CT molecular complexity index is 446. The third-order valence-electron chi connectivity index (χ3n) is 2.90. The molecule has 0 saturated heterocycles. The van der Waals surface area contributed by atoms with E-state index in [4.69, 9.17) is 10.5 Å². The second-order valence-corrected chi connectivity index (χ2v) is 6.35. The van der Waals surface area contributed by atoms with E-state index in [2.05, 4.69) is 29.5 Å². The smallest absolute Gasteiger partial charge is 0.265 e. The number of hydrogen-bond acceptors (Lipinski definition) is 6. The van der Waals surface area contributed by atoms with Crippen molar-refractivity contribution in [1.29, 1.82) is 0 Å². The van der Waals surface area contributed by atoms with Crippen LogP contribution in [0.5, 0.6) is 0 Å². The van der Waals surface area contributed by atoms with E-state index in [9.17, 15) is 4.79 Å². The second kappa shape index (κ2) is 7.44. The molecule has 1 amide bonds. The number of ether oxygens (including phenoxy) is 1. The van der Waals surface area contributed by atoms with Gasteiger partial charge in [0.15, 0.2) is 5.13 Å². The van der Waals surface area contributed by atoms with Gasteiger partial charge >= 0.3 is 0 Å². The molecular formula is C13H24N4O2S. The van der Waals surface area contributed by atoms with Crippen LogP contribution in [0, 0.1) is 5.41 Å². The number of anilines is 2. The predicted octanol–water partition coefficient (Wildman–Crippen LogP) is 1.95. The first kappa shape index (κ1) is 16.7. The summed E-state index contributed by atoms with van der Waals surface area (Å²) in [6.07, 6.45) is 0.880. The van der Waals surface area contributed by atoms with Gasteiger partial charge in [0.1, 0.15) is 10.7 Å². The molecule has 0 unspecified atom stereocenters. The Balaban J connectivity index is 2.58. The molecule has 1 aromatic heterocycles. The number of nitrogens with two attached hydrogens (primary N) is 1. The molecule has 0 aliphatic rings. The van der Waals surface area contributed by atoms with Gasteiger partial charge in [0, 0.05) is 26.8 Å². The van der Waals surface area contributed by atoms with Crippen LogP contribution in [0.15, 0.2) is 0 Å². The minimum Gasteiger partial charge on any atom is -0.385 e. The molecule has 0 aromatic carbocycles. The first-order valence-electron chi connectivity index (χ1n) is 6.67. The molecule has 0 bridgehead atoms. The number of carbonyl (C=O) groups excluding carboxylic acids is 1. The van der Waals surface area contributed by atoms with Crippen molar-refractivity contribution in [3.63, 3.8) is 0 Å². The summed E-state index contributed by atoms with van der Waals surface area (Å²) < 4.78 is 5.07. The summed E-state index contributed by atoms with van der Waals surface area (Å²) in [6.45, 7) is 8.14. The number of amides is 1. The van der Waals surface area contributed by atoms with Crippen LogP contribution in [-0.4, -0.2) is 37.7 Å². The lowest BCUT2D eigenvalue weighted by molar-refractivity contribution is 0.0925. The molecule has 0 aliphatic carbocycles. The second-order valence-electron chi connectivity index (χ2n) is 5.35. The summed E-state index contributed by atoms with van der Waals surface area (Å²) in [4.78, 5) is 16.7. The largest absolute Gasteiger partial charge is 0.385 e. The first-order chi connectivity index (χ1) is 9.39. The molecule has 7 heteroatoms. The third kappa shape index (κ3) is 4.97. The number of rotatable bonds is 8. The van der Waals surface area contributed by atoms with Gasteiger partial charge in [-0.05, 0) is 18.8 Å². The number of methoxy groups -OCH3 is 1. The van der Waals surface area contributed by atoms with Gasteiger partial charge < -0.3 is 21.1 Å². The summed E-state index contributed by atoms with van der Waals surface area (Å²) in [6, 6.07) is 0. The predicted molar refractivity (Wildman–Crippen MR) is 83.3 cm³/mol. The number of aromatic nitrogens is 1.